The fraction of sp³-hybridized carbons (Fsp3) is 0.691. The average molecular weight is 1660 g/mol. The number of carboxylic acid groups (broad SMARTS) is 5. The lowest BCUT2D eigenvalue weighted by molar-refractivity contribution is -0.145. The summed E-state index contributed by atoms with van der Waals surface area (Å²) in [6.07, 6.45) is -9.49. The highest BCUT2D eigenvalue weighted by molar-refractivity contribution is 7.80. The Morgan fingerprint density at radius 2 is 0.711 bits per heavy atom. The minimum Gasteiger partial charge on any atom is -0.481 e. The Morgan fingerprint density at radius 3 is 1.11 bits per heavy atom. The number of nitrogens with two attached hydrogens (primary N) is 3. The van der Waals surface area contributed by atoms with Crippen molar-refractivity contribution in [2.45, 2.75) is 256 Å². The van der Waals surface area contributed by atoms with Crippen LogP contribution in [0.1, 0.15) is 159 Å². The molecule has 16 atom stereocenters. The third-order valence-electron chi connectivity index (χ3n) is 17.3. The molecule has 46 heteroatoms. The van der Waals surface area contributed by atoms with Gasteiger partial charge in [0, 0.05) is 43.7 Å². The van der Waals surface area contributed by atoms with E-state index in [1.165, 1.54) is 27.7 Å². The number of hydrogen-bond donors (Lipinski definition) is 24. The summed E-state index contributed by atoms with van der Waals surface area (Å²) in [6, 6.07) is -25.2. The first-order valence-corrected chi connectivity index (χ1v) is 37.8. The number of aliphatic hydroxyl groups excluding tert-OH is 1. The summed E-state index contributed by atoms with van der Waals surface area (Å²) < 4.78 is 0. The molecule has 642 valence electrons. The summed E-state index contributed by atoms with van der Waals surface area (Å²) >= 11 is 8.16. The summed E-state index contributed by atoms with van der Waals surface area (Å²) in [5.74, 6) is -28.7. The topological polar surface area (TPSA) is 718 Å². The van der Waals surface area contributed by atoms with Crippen LogP contribution in [0.4, 0.5) is 0 Å². The van der Waals surface area contributed by atoms with Gasteiger partial charge in [0.1, 0.15) is 84.6 Å². The summed E-state index contributed by atoms with van der Waals surface area (Å²) in [5, 5.41) is 89.3. The highest BCUT2D eigenvalue weighted by Crippen LogP contribution is 2.22. The van der Waals surface area contributed by atoms with E-state index in [0.717, 1.165) is 18.7 Å². The number of nitrogens with zero attached hydrogens (tertiary/aromatic N) is 1. The van der Waals surface area contributed by atoms with Crippen LogP contribution in [0.5, 0.6) is 0 Å². The number of carboxylic acids is 5. The number of thiol groups is 2. The van der Waals surface area contributed by atoms with E-state index in [0.29, 0.717) is 0 Å². The molecule has 0 aliphatic carbocycles. The van der Waals surface area contributed by atoms with Gasteiger partial charge in [-0.05, 0) is 88.9 Å². The largest absolute Gasteiger partial charge is 0.481 e. The monoisotopic (exact) mass is 1660 g/mol. The third-order valence-corrected chi connectivity index (χ3v) is 18.1. The fourth-order valence-electron chi connectivity index (χ4n) is 11.2. The zero-order chi connectivity index (χ0) is 87.5. The standard InChI is InChI=1S/C68H111N17O27S2/c1-28(2)22-39(77-63(106)43(27-114)81-57(100)35(13-17-45(70)87)73-55(98)34(69)26-113)62(105)83-51(30(5)6)65(108)76-36(14-18-46(71)88)59(102)84-53(33(10)86)67(110)85-21-11-12-44(85)64(107)75-38(16-20-48(91)92)58(101)82-52(31(7)8)66(109)79-41(25-50(95)96)61(104)78-40(24-49(93)94)60(103)74-37(15-19-47(89)90)56(99)72-32(9)54(97)80-42(68(111)112)23-29(3)4/h28-44,51-53,86,113-114H,11-27,69H2,1-10H3,(H2,70,87)(H2,71,88)(H,72,99)(H,73,98)(H,74,103)(H,75,107)(H,76,108)(H,77,106)(H,78,104)(H,79,109)(H,80,97)(H,81,100)(H,82,101)(H,83,105)(H,84,102)(H,89,90)(H,91,92)(H,93,94)(H,95,96)(H,111,112)/t32-,33+,34-,35-,36-,37-,38-,39-,40-,41-,42-,43-,44-,51-,52-,53-/m0/s1. The van der Waals surface area contributed by atoms with Crippen molar-refractivity contribution in [3.05, 3.63) is 0 Å². The highest BCUT2D eigenvalue weighted by Gasteiger charge is 2.44. The Morgan fingerprint density at radius 1 is 0.377 bits per heavy atom. The van der Waals surface area contributed by atoms with Crippen LogP contribution in [0.2, 0.25) is 0 Å². The fourth-order valence-corrected chi connectivity index (χ4v) is 11.6. The van der Waals surface area contributed by atoms with Crippen LogP contribution in [0, 0.1) is 23.7 Å². The Hall–Kier alpha value is -10.5. The second kappa shape index (κ2) is 49.9. The molecular formula is C68H111N17O27S2. The molecule has 0 unspecified atom stereocenters. The van der Waals surface area contributed by atoms with Crippen molar-refractivity contribution in [1.82, 2.24) is 74.0 Å². The highest BCUT2D eigenvalue weighted by atomic mass is 32.1. The molecule has 114 heavy (non-hydrogen) atoms. The van der Waals surface area contributed by atoms with E-state index in [4.69, 9.17) is 17.2 Å². The maximum atomic E-state index is 14.5. The molecule has 1 saturated heterocycles. The predicted molar refractivity (Wildman–Crippen MR) is 404 cm³/mol. The first-order chi connectivity index (χ1) is 53.0. The molecule has 1 aliphatic rings. The zero-order valence-electron chi connectivity index (χ0n) is 64.9. The molecule has 0 saturated carbocycles. The minimum absolute atomic E-state index is 0.0218. The molecule has 0 aromatic rings. The number of rotatable bonds is 53. The van der Waals surface area contributed by atoms with Crippen molar-refractivity contribution in [2.75, 3.05) is 18.1 Å². The van der Waals surface area contributed by atoms with Crippen molar-refractivity contribution in [3.63, 3.8) is 0 Å². The molecule has 25 N–H and O–H groups in total. The maximum absolute atomic E-state index is 14.5. The molecule has 1 aliphatic heterocycles. The van der Waals surface area contributed by atoms with Gasteiger partial charge < -0.3 is 122 Å². The zero-order valence-corrected chi connectivity index (χ0v) is 66.7. The summed E-state index contributed by atoms with van der Waals surface area (Å²) in [7, 11) is 0. The maximum Gasteiger partial charge on any atom is 0.326 e. The van der Waals surface area contributed by atoms with Crippen LogP contribution < -0.4 is 86.3 Å². The molecule has 0 aromatic heterocycles. The van der Waals surface area contributed by atoms with Gasteiger partial charge in [0.15, 0.2) is 0 Å². The van der Waals surface area contributed by atoms with Crippen LogP contribution in [0.3, 0.4) is 0 Å². The lowest BCUT2D eigenvalue weighted by atomic mass is 9.99. The average Bonchev–Trinajstić information content (AvgIpc) is 1.75. The lowest BCUT2D eigenvalue weighted by Crippen LogP contribution is -2.62. The van der Waals surface area contributed by atoms with Gasteiger partial charge in [-0.2, -0.15) is 25.3 Å². The molecular weight excluding hydrogens is 1550 g/mol. The van der Waals surface area contributed by atoms with Gasteiger partial charge in [-0.15, -0.1) is 0 Å². The van der Waals surface area contributed by atoms with Gasteiger partial charge in [-0.3, -0.25) is 95.9 Å². The number of nitrogens with one attached hydrogen (secondary N) is 13. The van der Waals surface area contributed by atoms with E-state index in [1.54, 1.807) is 27.7 Å². The van der Waals surface area contributed by atoms with Gasteiger partial charge >= 0.3 is 29.8 Å². The predicted octanol–water partition coefficient (Wildman–Crippen LogP) is -7.43. The van der Waals surface area contributed by atoms with Crippen LogP contribution >= 0.6 is 25.3 Å². The van der Waals surface area contributed by atoms with Gasteiger partial charge in [0.05, 0.1) is 25.0 Å². The number of carbonyl (C=O) groups is 21. The number of carbonyl (C=O) groups excluding carboxylic acids is 16. The molecule has 0 spiro atoms. The van der Waals surface area contributed by atoms with E-state index < -0.39 is 284 Å². The molecule has 0 aromatic carbocycles. The van der Waals surface area contributed by atoms with E-state index in [2.05, 4.69) is 89.1 Å². The summed E-state index contributed by atoms with van der Waals surface area (Å²) in [5.41, 5.74) is 16.5. The first kappa shape index (κ1) is 101. The quantitative estimate of drug-likeness (QED) is 0.0252. The Labute approximate surface area is 667 Å². The van der Waals surface area contributed by atoms with Crippen molar-refractivity contribution in [3.8, 4) is 0 Å². The van der Waals surface area contributed by atoms with E-state index in [-0.39, 0.29) is 68.4 Å². The van der Waals surface area contributed by atoms with Gasteiger partial charge in [0.2, 0.25) is 94.5 Å². The first-order valence-electron chi connectivity index (χ1n) is 36.5. The van der Waals surface area contributed by atoms with Gasteiger partial charge in [0.25, 0.3) is 0 Å². The SMILES string of the molecule is CC(C)C[C@H](NC(=O)[C@H](C)NC(=O)[C@H](CCC(=O)O)NC(=O)[C@H](CC(=O)O)NC(=O)[C@H](CC(=O)O)NC(=O)[C@@H](NC(=O)[C@H](CCC(=O)O)NC(=O)[C@@H]1CCCN1C(=O)[C@@H](NC(=O)[C@H](CCC(N)=O)NC(=O)[C@@H](NC(=O)[C@H](CC(C)C)NC(=O)[C@H](CS)NC(=O)[C@H](CCC(N)=O)NC(=O)[C@@H](N)CS)C(C)C)[C@@H](C)O)C(C)C)C(=O)O. The van der Waals surface area contributed by atoms with Crippen molar-refractivity contribution < 1.29 is 131 Å². The lowest BCUT2D eigenvalue weighted by Gasteiger charge is -2.32. The second-order valence-corrected chi connectivity index (χ2v) is 29.5. The smallest absolute Gasteiger partial charge is 0.326 e. The minimum atomic E-state index is -2.23. The summed E-state index contributed by atoms with van der Waals surface area (Å²) in [4.78, 5) is 278. The molecule has 1 fully saturated rings. The van der Waals surface area contributed by atoms with Crippen LogP contribution in [-0.2, 0) is 101 Å². The molecule has 1 heterocycles. The van der Waals surface area contributed by atoms with Crippen LogP contribution in [-0.4, -0.2) is 275 Å². The third kappa shape index (κ3) is 36.5. The number of likely N-dealkylation sites (tertiary alicyclic amines) is 1. The number of aliphatic hydroxyl groups is 1. The number of hydrogen-bond acceptors (Lipinski definition) is 25. The van der Waals surface area contributed by atoms with E-state index in [9.17, 15) is 131 Å². The van der Waals surface area contributed by atoms with Crippen LogP contribution in [0.25, 0.3) is 0 Å². The molecule has 16 amide bonds. The van der Waals surface area contributed by atoms with Crippen molar-refractivity contribution in [2.24, 2.45) is 40.9 Å². The number of amides is 16. The molecule has 1 rings (SSSR count). The Balaban J connectivity index is 3.58. The van der Waals surface area contributed by atoms with Gasteiger partial charge in [-0.1, -0.05) is 55.4 Å². The van der Waals surface area contributed by atoms with E-state index in [1.807, 2.05) is 5.32 Å². The Kier molecular flexibility index (Phi) is 44.4. The normalized spacial score (nSPS) is 16.5. The van der Waals surface area contributed by atoms with Crippen molar-refractivity contribution in [1.29, 1.82) is 0 Å². The van der Waals surface area contributed by atoms with Gasteiger partial charge in [-0.25, -0.2) is 4.79 Å². The summed E-state index contributed by atoms with van der Waals surface area (Å²) in [6.45, 7) is 14.3. The number of primary amides is 2. The Bertz CT molecular complexity index is 3480. The van der Waals surface area contributed by atoms with Crippen molar-refractivity contribution >= 4 is 150 Å². The number of aliphatic carboxylic acids is 5. The van der Waals surface area contributed by atoms with E-state index >= 15 is 0 Å². The molecule has 44 nitrogen and oxygen atoms in total. The van der Waals surface area contributed by atoms with Crippen LogP contribution in [0.15, 0.2) is 0 Å². The molecule has 0 bridgehead atoms. The molecule has 0 radical (unpaired) electrons. The second-order valence-electron chi connectivity index (χ2n) is 28.8.